The number of furan rings is 1. The van der Waals surface area contributed by atoms with Gasteiger partial charge >= 0.3 is 0 Å². The molecule has 0 aliphatic rings. The lowest BCUT2D eigenvalue weighted by molar-refractivity contribution is -0.134. The third kappa shape index (κ3) is 5.85. The third-order valence-electron chi connectivity index (χ3n) is 4.95. The first-order valence-electron chi connectivity index (χ1n) is 10.3. The predicted molar refractivity (Wildman–Crippen MR) is 129 cm³/mol. The number of sulfonamides is 1. The summed E-state index contributed by atoms with van der Waals surface area (Å²) in [5.41, 5.74) is 4.64. The molecule has 3 heterocycles. The minimum atomic E-state index is -3.97. The summed E-state index contributed by atoms with van der Waals surface area (Å²) in [6.45, 7) is 4.91. The first-order valence-corrected chi connectivity index (χ1v) is 13.6. The van der Waals surface area contributed by atoms with Gasteiger partial charge < -0.3 is 9.32 Å². The lowest BCUT2D eigenvalue weighted by atomic mass is 10.1. The number of amides is 1. The number of benzene rings is 1. The smallest absolute Gasteiger partial charge is 0.241 e. The number of carbonyl (C=O) groups excluding carboxylic acids is 1. The molecule has 1 amide bonds. The zero-order chi connectivity index (χ0) is 23.4. The van der Waals surface area contributed by atoms with Crippen molar-refractivity contribution in [2.45, 2.75) is 37.8 Å². The van der Waals surface area contributed by atoms with E-state index in [0.717, 1.165) is 4.88 Å². The van der Waals surface area contributed by atoms with Crippen molar-refractivity contribution in [3.63, 3.8) is 0 Å². The molecule has 1 atom stereocenters. The molecule has 0 bridgehead atoms. The van der Waals surface area contributed by atoms with E-state index in [4.69, 9.17) is 4.42 Å². The summed E-state index contributed by atoms with van der Waals surface area (Å²) in [4.78, 5) is 24.7. The van der Waals surface area contributed by atoms with Crippen LogP contribution in [0.3, 0.4) is 0 Å². The van der Waals surface area contributed by atoms with Gasteiger partial charge in [-0.1, -0.05) is 13.8 Å². The number of hydrogen-bond acceptors (Lipinski definition) is 8. The van der Waals surface area contributed by atoms with Crippen LogP contribution in [0.2, 0.25) is 0 Å². The molecule has 33 heavy (non-hydrogen) atoms. The SMILES string of the molecule is CC(C)CN(Cc1cncs1)C(=O)[C@H](Cc1cscn1)NS(=O)(=O)c1ccc2occc2c1. The van der Waals surface area contributed by atoms with E-state index in [1.54, 1.807) is 34.3 Å². The molecular formula is C22H24N4O4S3. The average molecular weight is 505 g/mol. The monoisotopic (exact) mass is 504 g/mol. The number of fused-ring (bicyclic) bond motifs is 1. The number of thiazole rings is 2. The number of rotatable bonds is 10. The Hall–Kier alpha value is -2.60. The number of nitrogens with zero attached hydrogens (tertiary/aromatic N) is 3. The normalized spacial score (nSPS) is 12.9. The molecule has 1 N–H and O–H groups in total. The largest absolute Gasteiger partial charge is 0.464 e. The topological polar surface area (TPSA) is 105 Å². The van der Waals surface area contributed by atoms with Gasteiger partial charge in [-0.25, -0.2) is 13.4 Å². The molecule has 0 saturated heterocycles. The summed E-state index contributed by atoms with van der Waals surface area (Å²) in [6.07, 6.45) is 3.39. The summed E-state index contributed by atoms with van der Waals surface area (Å²) in [5.74, 6) is -0.0834. The molecule has 0 aliphatic carbocycles. The van der Waals surface area contributed by atoms with Gasteiger partial charge in [0.15, 0.2) is 0 Å². The first-order chi connectivity index (χ1) is 15.8. The maximum Gasteiger partial charge on any atom is 0.241 e. The van der Waals surface area contributed by atoms with Crippen LogP contribution in [0.4, 0.5) is 0 Å². The molecule has 0 radical (unpaired) electrons. The molecule has 1 aromatic carbocycles. The lowest BCUT2D eigenvalue weighted by Gasteiger charge is -2.28. The third-order valence-corrected chi connectivity index (χ3v) is 7.82. The number of aromatic nitrogens is 2. The molecule has 0 spiro atoms. The highest BCUT2D eigenvalue weighted by molar-refractivity contribution is 7.89. The molecular weight excluding hydrogens is 480 g/mol. The minimum Gasteiger partial charge on any atom is -0.464 e. The summed E-state index contributed by atoms with van der Waals surface area (Å²) in [5, 5.41) is 2.49. The molecule has 4 rings (SSSR count). The number of hydrogen-bond donors (Lipinski definition) is 1. The fraction of sp³-hybridized carbons (Fsp3) is 0.318. The van der Waals surface area contributed by atoms with E-state index in [-0.39, 0.29) is 23.1 Å². The van der Waals surface area contributed by atoms with Gasteiger partial charge in [-0.15, -0.1) is 22.7 Å². The van der Waals surface area contributed by atoms with E-state index < -0.39 is 16.1 Å². The Morgan fingerprint density at radius 2 is 2.09 bits per heavy atom. The Labute approximate surface area is 200 Å². The molecule has 4 aromatic rings. The molecule has 0 aliphatic heterocycles. The van der Waals surface area contributed by atoms with Crippen molar-refractivity contribution in [3.05, 3.63) is 63.7 Å². The van der Waals surface area contributed by atoms with Gasteiger partial charge in [-0.3, -0.25) is 9.78 Å². The van der Waals surface area contributed by atoms with Crippen molar-refractivity contribution < 1.29 is 17.6 Å². The number of carbonyl (C=O) groups is 1. The Kier molecular flexibility index (Phi) is 7.23. The summed E-state index contributed by atoms with van der Waals surface area (Å²) >= 11 is 2.86. The summed E-state index contributed by atoms with van der Waals surface area (Å²) in [6, 6.07) is 5.32. The fourth-order valence-corrected chi connectivity index (χ4v) is 5.90. The highest BCUT2D eigenvalue weighted by Crippen LogP contribution is 2.21. The lowest BCUT2D eigenvalue weighted by Crippen LogP contribution is -2.50. The second-order valence-electron chi connectivity index (χ2n) is 8.06. The van der Waals surface area contributed by atoms with E-state index in [2.05, 4.69) is 14.7 Å². The maximum absolute atomic E-state index is 13.7. The Morgan fingerprint density at radius 3 is 2.79 bits per heavy atom. The highest BCUT2D eigenvalue weighted by atomic mass is 32.2. The van der Waals surface area contributed by atoms with E-state index in [1.807, 2.05) is 19.2 Å². The van der Waals surface area contributed by atoms with Crippen molar-refractivity contribution >= 4 is 49.6 Å². The van der Waals surface area contributed by atoms with Gasteiger partial charge in [0.25, 0.3) is 0 Å². The van der Waals surface area contributed by atoms with Crippen LogP contribution in [0.25, 0.3) is 11.0 Å². The van der Waals surface area contributed by atoms with Crippen molar-refractivity contribution in [1.82, 2.24) is 19.6 Å². The van der Waals surface area contributed by atoms with Crippen LogP contribution in [-0.2, 0) is 27.8 Å². The van der Waals surface area contributed by atoms with E-state index in [1.165, 1.54) is 41.1 Å². The predicted octanol–water partition coefficient (Wildman–Crippen LogP) is 3.92. The molecule has 11 heteroatoms. The summed E-state index contributed by atoms with van der Waals surface area (Å²) in [7, 11) is -3.97. The van der Waals surface area contributed by atoms with E-state index in [0.29, 0.717) is 29.8 Å². The average Bonchev–Trinajstić information content (AvgIpc) is 3.54. The van der Waals surface area contributed by atoms with Crippen LogP contribution in [0.5, 0.6) is 0 Å². The molecule has 0 fully saturated rings. The van der Waals surface area contributed by atoms with Crippen molar-refractivity contribution in [1.29, 1.82) is 0 Å². The van der Waals surface area contributed by atoms with Gasteiger partial charge in [0, 0.05) is 34.8 Å². The van der Waals surface area contributed by atoms with Gasteiger partial charge in [0.2, 0.25) is 15.9 Å². The van der Waals surface area contributed by atoms with Crippen molar-refractivity contribution in [3.8, 4) is 0 Å². The molecule has 8 nitrogen and oxygen atoms in total. The second-order valence-corrected chi connectivity index (χ2v) is 11.5. The summed E-state index contributed by atoms with van der Waals surface area (Å²) < 4.78 is 34.5. The number of nitrogens with one attached hydrogen (secondary N) is 1. The Bertz CT molecular complexity index is 1300. The van der Waals surface area contributed by atoms with Crippen LogP contribution >= 0.6 is 22.7 Å². The molecule has 0 saturated carbocycles. The van der Waals surface area contributed by atoms with Crippen LogP contribution in [0.1, 0.15) is 24.4 Å². The fourth-order valence-electron chi connectivity index (χ4n) is 3.50. The second kappa shape index (κ2) is 10.1. The van der Waals surface area contributed by atoms with E-state index in [9.17, 15) is 13.2 Å². The van der Waals surface area contributed by atoms with Gasteiger partial charge in [-0.2, -0.15) is 4.72 Å². The molecule has 174 valence electrons. The van der Waals surface area contributed by atoms with Gasteiger partial charge in [0.1, 0.15) is 11.6 Å². The Morgan fingerprint density at radius 1 is 1.24 bits per heavy atom. The Balaban J connectivity index is 1.63. The molecule has 0 unspecified atom stereocenters. The van der Waals surface area contributed by atoms with Crippen molar-refractivity contribution in [2.24, 2.45) is 5.92 Å². The van der Waals surface area contributed by atoms with Gasteiger partial charge in [0.05, 0.1) is 34.4 Å². The zero-order valence-electron chi connectivity index (χ0n) is 18.2. The van der Waals surface area contributed by atoms with Gasteiger partial charge in [-0.05, 0) is 30.2 Å². The quantitative estimate of drug-likeness (QED) is 0.351. The van der Waals surface area contributed by atoms with Crippen LogP contribution in [0, 0.1) is 5.92 Å². The standard InChI is InChI=1S/C22H24N4O4S3/c1-15(2)10-26(11-18-9-23-13-32-18)22(27)20(8-17-12-31-14-24-17)25-33(28,29)19-3-4-21-16(7-19)5-6-30-21/h3-7,9,12-15,20,25H,8,10-11H2,1-2H3/t20-/m0/s1. The van der Waals surface area contributed by atoms with Crippen LogP contribution in [0.15, 0.2) is 62.4 Å². The zero-order valence-corrected chi connectivity index (χ0v) is 20.6. The minimum absolute atomic E-state index is 0.0744. The first kappa shape index (κ1) is 23.6. The highest BCUT2D eigenvalue weighted by Gasteiger charge is 2.31. The maximum atomic E-state index is 13.7. The van der Waals surface area contributed by atoms with Crippen LogP contribution < -0.4 is 4.72 Å². The van der Waals surface area contributed by atoms with Crippen LogP contribution in [-0.4, -0.2) is 41.8 Å². The van der Waals surface area contributed by atoms with Crippen molar-refractivity contribution in [2.75, 3.05) is 6.54 Å². The van der Waals surface area contributed by atoms with E-state index >= 15 is 0 Å². The molecule has 3 aromatic heterocycles.